The lowest BCUT2D eigenvalue weighted by Crippen LogP contribution is -2.41. The fourth-order valence-corrected chi connectivity index (χ4v) is 3.41. The Morgan fingerprint density at radius 2 is 1.92 bits per heavy atom. The molecule has 0 fully saturated rings. The van der Waals surface area contributed by atoms with E-state index in [2.05, 4.69) is 16.9 Å². The molecule has 5 heteroatoms. The van der Waals surface area contributed by atoms with Gasteiger partial charge in [-0.2, -0.15) is 4.99 Å². The van der Waals surface area contributed by atoms with Crippen molar-refractivity contribution in [1.29, 1.82) is 0 Å². The Bertz CT molecular complexity index is 917. The topological polar surface area (TPSA) is 67.8 Å². The fourth-order valence-electron chi connectivity index (χ4n) is 3.41. The minimum Gasteiger partial charge on any atom is -0.490 e. The number of nitrogens with zero attached hydrogens (tertiary/aromatic N) is 1. The molecule has 0 saturated heterocycles. The molecule has 4 rings (SSSR count). The van der Waals surface area contributed by atoms with Gasteiger partial charge in [-0.05, 0) is 17.7 Å². The Hall–Kier alpha value is -3.21. The van der Waals surface area contributed by atoms with Gasteiger partial charge in [-0.25, -0.2) is 4.79 Å². The number of hydrogen-bond acceptors (Lipinski definition) is 3. The monoisotopic (exact) mass is 332 g/mol. The van der Waals surface area contributed by atoms with Gasteiger partial charge in [0.25, 0.3) is 0 Å². The van der Waals surface area contributed by atoms with Crippen molar-refractivity contribution >= 4 is 17.5 Å². The lowest BCUT2D eigenvalue weighted by molar-refractivity contribution is 0.0942. The van der Waals surface area contributed by atoms with E-state index in [0.29, 0.717) is 23.6 Å². The maximum Gasteiger partial charge on any atom is 0.341 e. The van der Waals surface area contributed by atoms with Crippen LogP contribution in [0.4, 0.5) is 4.79 Å². The number of rotatable bonds is 4. The van der Waals surface area contributed by atoms with Crippen LogP contribution in [0.1, 0.15) is 27.5 Å². The van der Waals surface area contributed by atoms with Crippen LogP contribution in [0.15, 0.2) is 66.2 Å². The van der Waals surface area contributed by atoms with Gasteiger partial charge in [0.05, 0.1) is 17.7 Å². The Balaban J connectivity index is 1.75. The number of urea groups is 1. The molecule has 1 aliphatic heterocycles. The standard InChI is InChI=1S/C20H16N2O3/c1-2-10-25-13-7-5-6-12(11-13)17-16-18(22-20(24)21-17)14-8-3-4-9-15(14)19(16)23/h2-9,11,16-17H,1,10H2,(H,21,24)/t16?,17-/m1/s1. The highest BCUT2D eigenvalue weighted by Gasteiger charge is 2.45. The Morgan fingerprint density at radius 3 is 2.72 bits per heavy atom. The van der Waals surface area contributed by atoms with E-state index in [1.807, 2.05) is 42.5 Å². The van der Waals surface area contributed by atoms with Gasteiger partial charge >= 0.3 is 6.03 Å². The highest BCUT2D eigenvalue weighted by molar-refractivity contribution is 6.31. The highest BCUT2D eigenvalue weighted by Crippen LogP contribution is 2.38. The van der Waals surface area contributed by atoms with Gasteiger partial charge in [0.15, 0.2) is 5.78 Å². The third-order valence-corrected chi connectivity index (χ3v) is 4.46. The second kappa shape index (κ2) is 6.02. The summed E-state index contributed by atoms with van der Waals surface area (Å²) in [5, 5.41) is 2.83. The zero-order valence-electron chi connectivity index (χ0n) is 13.4. The summed E-state index contributed by atoms with van der Waals surface area (Å²) in [4.78, 5) is 29.1. The summed E-state index contributed by atoms with van der Waals surface area (Å²) in [7, 11) is 0. The maximum atomic E-state index is 12.9. The van der Waals surface area contributed by atoms with Crippen LogP contribution in [0.2, 0.25) is 0 Å². The maximum absolute atomic E-state index is 12.9. The third kappa shape index (κ3) is 2.54. The molecule has 0 saturated carbocycles. The molecule has 124 valence electrons. The van der Waals surface area contributed by atoms with Gasteiger partial charge in [-0.15, -0.1) is 0 Å². The second-order valence-electron chi connectivity index (χ2n) is 5.98. The van der Waals surface area contributed by atoms with E-state index < -0.39 is 18.0 Å². The van der Waals surface area contributed by atoms with Crippen molar-refractivity contribution in [3.63, 3.8) is 0 Å². The molecule has 0 radical (unpaired) electrons. The number of Topliss-reactive ketones (excluding diaryl/α,β-unsaturated/α-hetero) is 1. The lowest BCUT2D eigenvalue weighted by atomic mass is 9.87. The van der Waals surface area contributed by atoms with E-state index in [1.165, 1.54) is 0 Å². The summed E-state index contributed by atoms with van der Waals surface area (Å²) in [5.41, 5.74) is 2.73. The molecule has 1 heterocycles. The highest BCUT2D eigenvalue weighted by atomic mass is 16.5. The molecule has 2 aromatic rings. The molecular formula is C20H16N2O3. The molecule has 1 unspecified atom stereocenters. The first-order valence-electron chi connectivity index (χ1n) is 8.05. The normalized spacial score (nSPS) is 21.0. The van der Waals surface area contributed by atoms with Crippen molar-refractivity contribution in [1.82, 2.24) is 5.32 Å². The van der Waals surface area contributed by atoms with E-state index >= 15 is 0 Å². The van der Waals surface area contributed by atoms with Crippen molar-refractivity contribution in [3.8, 4) is 5.75 Å². The van der Waals surface area contributed by atoms with Gasteiger partial charge in [0.1, 0.15) is 12.4 Å². The molecule has 25 heavy (non-hydrogen) atoms. The van der Waals surface area contributed by atoms with Crippen LogP contribution in [0.3, 0.4) is 0 Å². The van der Waals surface area contributed by atoms with Gasteiger partial charge in [0.2, 0.25) is 0 Å². The second-order valence-corrected chi connectivity index (χ2v) is 5.98. The number of amides is 2. The van der Waals surface area contributed by atoms with Gasteiger partial charge in [-0.1, -0.05) is 49.1 Å². The number of aliphatic imine (C=N–C) groups is 1. The smallest absolute Gasteiger partial charge is 0.341 e. The van der Waals surface area contributed by atoms with E-state index in [9.17, 15) is 9.59 Å². The molecule has 0 bridgehead atoms. The minimum atomic E-state index is -0.509. The van der Waals surface area contributed by atoms with Crippen molar-refractivity contribution in [3.05, 3.63) is 77.9 Å². The number of benzene rings is 2. The van der Waals surface area contributed by atoms with E-state index in [-0.39, 0.29) is 5.78 Å². The molecule has 2 atom stereocenters. The van der Waals surface area contributed by atoms with E-state index in [4.69, 9.17) is 4.74 Å². The summed E-state index contributed by atoms with van der Waals surface area (Å²) < 4.78 is 5.57. The fraction of sp³-hybridized carbons (Fsp3) is 0.150. The number of ketones is 1. The molecule has 2 amide bonds. The van der Waals surface area contributed by atoms with Crippen molar-refractivity contribution < 1.29 is 14.3 Å². The first-order valence-corrected chi connectivity index (χ1v) is 8.05. The van der Waals surface area contributed by atoms with Crippen LogP contribution in [0.25, 0.3) is 0 Å². The first-order chi connectivity index (χ1) is 12.2. The molecule has 0 aromatic heterocycles. The molecule has 5 nitrogen and oxygen atoms in total. The summed E-state index contributed by atoms with van der Waals surface area (Å²) in [6.45, 7) is 4.02. The summed E-state index contributed by atoms with van der Waals surface area (Å²) >= 11 is 0. The zero-order valence-corrected chi connectivity index (χ0v) is 13.4. The first kappa shape index (κ1) is 15.3. The summed E-state index contributed by atoms with van der Waals surface area (Å²) in [6, 6.07) is 13.8. The number of fused-ring (bicyclic) bond motifs is 3. The predicted octanol–water partition coefficient (Wildman–Crippen LogP) is 3.32. The average Bonchev–Trinajstić information content (AvgIpc) is 2.92. The number of carbonyl (C=O) groups excluding carboxylic acids is 2. The quantitative estimate of drug-likeness (QED) is 0.873. The SMILES string of the molecule is C=CCOc1cccc([C@H]2NC(=O)N=C3c4ccccc4C(=O)C32)c1. The third-order valence-electron chi connectivity index (χ3n) is 4.46. The summed E-state index contributed by atoms with van der Waals surface area (Å²) in [6.07, 6.45) is 1.66. The largest absolute Gasteiger partial charge is 0.490 e. The Labute approximate surface area is 145 Å². The van der Waals surface area contributed by atoms with Crippen LogP contribution >= 0.6 is 0 Å². The average molecular weight is 332 g/mol. The van der Waals surface area contributed by atoms with Gasteiger partial charge in [-0.3, -0.25) is 4.79 Å². The van der Waals surface area contributed by atoms with Crippen LogP contribution in [-0.2, 0) is 0 Å². The number of carbonyl (C=O) groups is 2. The van der Waals surface area contributed by atoms with Gasteiger partial charge < -0.3 is 10.1 Å². The molecular weight excluding hydrogens is 316 g/mol. The van der Waals surface area contributed by atoms with Crippen molar-refractivity contribution in [2.75, 3.05) is 6.61 Å². The van der Waals surface area contributed by atoms with Crippen molar-refractivity contribution in [2.45, 2.75) is 6.04 Å². The lowest BCUT2D eigenvalue weighted by Gasteiger charge is -2.28. The van der Waals surface area contributed by atoms with E-state index in [0.717, 1.165) is 11.1 Å². The minimum absolute atomic E-state index is 0.0169. The van der Waals surface area contributed by atoms with Crippen LogP contribution < -0.4 is 10.1 Å². The Kier molecular flexibility index (Phi) is 3.69. The van der Waals surface area contributed by atoms with Crippen LogP contribution in [0.5, 0.6) is 5.75 Å². The molecule has 2 aromatic carbocycles. The van der Waals surface area contributed by atoms with Crippen LogP contribution in [-0.4, -0.2) is 24.1 Å². The van der Waals surface area contributed by atoms with Crippen LogP contribution in [0, 0.1) is 5.92 Å². The predicted molar refractivity (Wildman–Crippen MR) is 94.2 cm³/mol. The van der Waals surface area contributed by atoms with Crippen molar-refractivity contribution in [2.24, 2.45) is 10.9 Å². The Morgan fingerprint density at radius 1 is 1.12 bits per heavy atom. The molecule has 1 N–H and O–H groups in total. The number of nitrogens with one attached hydrogen (secondary N) is 1. The van der Waals surface area contributed by atoms with E-state index in [1.54, 1.807) is 12.1 Å². The summed E-state index contributed by atoms with van der Waals surface area (Å²) in [5.74, 6) is 0.139. The number of ether oxygens (including phenoxy) is 1. The zero-order chi connectivity index (χ0) is 17.4. The molecule has 2 aliphatic rings. The van der Waals surface area contributed by atoms with Gasteiger partial charge in [0, 0.05) is 11.1 Å². The molecule has 0 spiro atoms. The molecule has 1 aliphatic carbocycles. The number of hydrogen-bond donors (Lipinski definition) is 1.